The number of nitrogens with one attached hydrogen (secondary N) is 1. The number of ketones is 1. The number of likely N-dealkylation sites (N-methyl/N-ethyl adjacent to an activating group) is 1. The third-order valence-corrected chi connectivity index (χ3v) is 4.89. The molecule has 2 rings (SSSR count). The number of hydrogen-bond acceptors (Lipinski definition) is 4. The van der Waals surface area contributed by atoms with Gasteiger partial charge in [0, 0.05) is 24.9 Å². The van der Waals surface area contributed by atoms with Gasteiger partial charge in [-0.15, -0.1) is 0 Å². The molecule has 0 fully saturated rings. The number of carbonyl (C=O) groups excluding carboxylic acids is 2. The molecule has 0 aliphatic carbocycles. The molecule has 1 unspecified atom stereocenters. The van der Waals surface area contributed by atoms with Gasteiger partial charge in [-0.3, -0.25) is 9.59 Å². The second-order valence-corrected chi connectivity index (χ2v) is 7.30. The van der Waals surface area contributed by atoms with Crippen LogP contribution in [-0.2, 0) is 4.79 Å². The molecule has 5 nitrogen and oxygen atoms in total. The summed E-state index contributed by atoms with van der Waals surface area (Å²) in [6.07, 6.45) is 0.403. The molecule has 0 spiro atoms. The van der Waals surface area contributed by atoms with E-state index in [9.17, 15) is 9.59 Å². The smallest absolute Gasteiger partial charge is 0.220 e. The third kappa shape index (κ3) is 5.92. The van der Waals surface area contributed by atoms with E-state index in [2.05, 4.69) is 10.2 Å². The Bertz CT molecular complexity index is 813. The van der Waals surface area contributed by atoms with E-state index in [1.807, 2.05) is 70.4 Å². The lowest BCUT2D eigenvalue weighted by Crippen LogP contribution is -2.34. The van der Waals surface area contributed by atoms with Crippen molar-refractivity contribution in [3.8, 4) is 5.75 Å². The van der Waals surface area contributed by atoms with Gasteiger partial charge in [0.2, 0.25) is 5.91 Å². The largest absolute Gasteiger partial charge is 0.497 e. The van der Waals surface area contributed by atoms with Crippen molar-refractivity contribution in [2.75, 3.05) is 27.7 Å². The second-order valence-electron chi connectivity index (χ2n) is 7.30. The highest BCUT2D eigenvalue weighted by Gasteiger charge is 2.17. The van der Waals surface area contributed by atoms with E-state index >= 15 is 0 Å². The zero-order valence-electron chi connectivity index (χ0n) is 17.4. The Balaban J connectivity index is 1.90. The Morgan fingerprint density at radius 3 is 2.32 bits per heavy atom. The number of benzene rings is 2. The van der Waals surface area contributed by atoms with E-state index < -0.39 is 0 Å². The van der Waals surface area contributed by atoms with Crippen molar-refractivity contribution < 1.29 is 14.3 Å². The summed E-state index contributed by atoms with van der Waals surface area (Å²) < 4.78 is 5.20. The van der Waals surface area contributed by atoms with Crippen LogP contribution in [0.2, 0.25) is 0 Å². The third-order valence-electron chi connectivity index (χ3n) is 4.89. The molecule has 2 aromatic rings. The van der Waals surface area contributed by atoms with Crippen molar-refractivity contribution in [2.45, 2.75) is 32.7 Å². The number of rotatable bonds is 9. The summed E-state index contributed by atoms with van der Waals surface area (Å²) in [5.74, 6) is 0.699. The number of Topliss-reactive ketones (excluding diaryl/α,β-unsaturated/α-hetero) is 1. The van der Waals surface area contributed by atoms with Gasteiger partial charge in [0.1, 0.15) is 5.75 Å². The average Bonchev–Trinajstić information content (AvgIpc) is 2.68. The van der Waals surface area contributed by atoms with E-state index in [-0.39, 0.29) is 30.6 Å². The SMILES string of the molecule is COc1ccc(C(CNC(=O)CCC(=O)c2cc(C)ccc2C)N(C)C)cc1. The lowest BCUT2D eigenvalue weighted by Gasteiger charge is -2.25. The highest BCUT2D eigenvalue weighted by atomic mass is 16.5. The highest BCUT2D eigenvalue weighted by Crippen LogP contribution is 2.21. The number of ether oxygens (including phenoxy) is 1. The molecule has 0 aromatic heterocycles. The first-order valence-corrected chi connectivity index (χ1v) is 9.49. The summed E-state index contributed by atoms with van der Waals surface area (Å²) >= 11 is 0. The van der Waals surface area contributed by atoms with Crippen molar-refractivity contribution >= 4 is 11.7 Å². The summed E-state index contributed by atoms with van der Waals surface area (Å²) in [4.78, 5) is 26.8. The first-order chi connectivity index (χ1) is 13.3. The summed E-state index contributed by atoms with van der Waals surface area (Å²) in [6.45, 7) is 4.36. The molecule has 2 aromatic carbocycles. The lowest BCUT2D eigenvalue weighted by atomic mass is 9.99. The van der Waals surface area contributed by atoms with Crippen LogP contribution >= 0.6 is 0 Å². The van der Waals surface area contributed by atoms with Crippen LogP contribution in [-0.4, -0.2) is 44.3 Å². The molecule has 28 heavy (non-hydrogen) atoms. The van der Waals surface area contributed by atoms with Crippen LogP contribution in [0.3, 0.4) is 0 Å². The van der Waals surface area contributed by atoms with Gasteiger partial charge in [-0.25, -0.2) is 0 Å². The average molecular weight is 383 g/mol. The van der Waals surface area contributed by atoms with Gasteiger partial charge in [-0.2, -0.15) is 0 Å². The fourth-order valence-corrected chi connectivity index (χ4v) is 3.12. The molecule has 0 saturated heterocycles. The molecule has 0 saturated carbocycles. The minimum absolute atomic E-state index is 0.00987. The first kappa shape index (κ1) is 21.6. The minimum Gasteiger partial charge on any atom is -0.497 e. The molecule has 1 atom stereocenters. The number of carbonyl (C=O) groups is 2. The molecule has 0 aliphatic rings. The number of nitrogens with zero attached hydrogens (tertiary/aromatic N) is 1. The maximum absolute atomic E-state index is 12.5. The minimum atomic E-state index is -0.112. The fraction of sp³-hybridized carbons (Fsp3) is 0.391. The molecule has 0 bridgehead atoms. The molecular weight excluding hydrogens is 352 g/mol. The van der Waals surface area contributed by atoms with Crippen LogP contribution < -0.4 is 10.1 Å². The monoisotopic (exact) mass is 382 g/mol. The van der Waals surface area contributed by atoms with Crippen LogP contribution in [0.15, 0.2) is 42.5 Å². The Kier molecular flexibility index (Phi) is 7.76. The number of methoxy groups -OCH3 is 1. The second kappa shape index (κ2) is 10.0. The zero-order valence-corrected chi connectivity index (χ0v) is 17.4. The zero-order chi connectivity index (χ0) is 20.7. The molecular formula is C23H30N2O3. The molecule has 150 valence electrons. The van der Waals surface area contributed by atoms with Crippen molar-refractivity contribution in [3.63, 3.8) is 0 Å². The molecule has 1 amide bonds. The van der Waals surface area contributed by atoms with Crippen LogP contribution in [0.5, 0.6) is 5.75 Å². The number of aryl methyl sites for hydroxylation is 2. The van der Waals surface area contributed by atoms with Crippen molar-refractivity contribution in [3.05, 3.63) is 64.7 Å². The van der Waals surface area contributed by atoms with Gasteiger partial charge >= 0.3 is 0 Å². The van der Waals surface area contributed by atoms with Gasteiger partial charge in [0.15, 0.2) is 5.78 Å². The van der Waals surface area contributed by atoms with Crippen LogP contribution in [0, 0.1) is 13.8 Å². The maximum Gasteiger partial charge on any atom is 0.220 e. The van der Waals surface area contributed by atoms with Gasteiger partial charge < -0.3 is 15.0 Å². The van der Waals surface area contributed by atoms with E-state index in [0.29, 0.717) is 12.1 Å². The van der Waals surface area contributed by atoms with Crippen LogP contribution in [0.25, 0.3) is 0 Å². The lowest BCUT2D eigenvalue weighted by molar-refractivity contribution is -0.121. The Morgan fingerprint density at radius 1 is 1.04 bits per heavy atom. The quantitative estimate of drug-likeness (QED) is 0.672. The molecule has 0 heterocycles. The normalized spacial score (nSPS) is 11.9. The fourth-order valence-electron chi connectivity index (χ4n) is 3.12. The van der Waals surface area contributed by atoms with Crippen molar-refractivity contribution in [1.82, 2.24) is 10.2 Å². The van der Waals surface area contributed by atoms with E-state index in [0.717, 1.165) is 22.4 Å². The number of amides is 1. The molecule has 0 aliphatic heterocycles. The van der Waals surface area contributed by atoms with E-state index in [1.165, 1.54) is 0 Å². The standard InChI is InChI=1S/C23H30N2O3/c1-16-6-7-17(2)20(14-16)22(26)12-13-23(27)24-15-21(25(3)4)18-8-10-19(28-5)11-9-18/h6-11,14,21H,12-13,15H2,1-5H3,(H,24,27). The topological polar surface area (TPSA) is 58.6 Å². The Hall–Kier alpha value is -2.66. The summed E-state index contributed by atoms with van der Waals surface area (Å²) in [5, 5.41) is 2.96. The Morgan fingerprint density at radius 2 is 1.71 bits per heavy atom. The van der Waals surface area contributed by atoms with E-state index in [4.69, 9.17) is 4.74 Å². The van der Waals surface area contributed by atoms with Crippen molar-refractivity contribution in [1.29, 1.82) is 0 Å². The highest BCUT2D eigenvalue weighted by molar-refractivity contribution is 5.99. The predicted molar refractivity (Wildman–Crippen MR) is 112 cm³/mol. The van der Waals surface area contributed by atoms with Crippen LogP contribution in [0.1, 0.15) is 45.9 Å². The summed E-state index contributed by atoms with van der Waals surface area (Å²) in [5.41, 5.74) is 3.80. The molecule has 1 N–H and O–H groups in total. The predicted octanol–water partition coefficient (Wildman–Crippen LogP) is 3.69. The van der Waals surface area contributed by atoms with Crippen molar-refractivity contribution in [2.24, 2.45) is 0 Å². The molecule has 5 heteroatoms. The van der Waals surface area contributed by atoms with Crippen LogP contribution in [0.4, 0.5) is 0 Å². The first-order valence-electron chi connectivity index (χ1n) is 9.49. The summed E-state index contributed by atoms with van der Waals surface area (Å²) in [6, 6.07) is 13.7. The number of hydrogen-bond donors (Lipinski definition) is 1. The van der Waals surface area contributed by atoms with E-state index in [1.54, 1.807) is 7.11 Å². The van der Waals surface area contributed by atoms with Gasteiger partial charge in [0.05, 0.1) is 13.2 Å². The maximum atomic E-state index is 12.5. The van der Waals surface area contributed by atoms with Gasteiger partial charge in [-0.05, 0) is 57.3 Å². The van der Waals surface area contributed by atoms with Gasteiger partial charge in [0.25, 0.3) is 0 Å². The Labute approximate surface area is 167 Å². The molecule has 0 radical (unpaired) electrons. The summed E-state index contributed by atoms with van der Waals surface area (Å²) in [7, 11) is 5.59. The van der Waals surface area contributed by atoms with Gasteiger partial charge in [-0.1, -0.05) is 29.8 Å².